The summed E-state index contributed by atoms with van der Waals surface area (Å²) in [4.78, 5) is 17.9. The maximum atomic E-state index is 12.2. The number of hydrogen-bond donors (Lipinski definition) is 1. The fourth-order valence-electron chi connectivity index (χ4n) is 2.31. The molecule has 1 aliphatic rings. The third-order valence-corrected chi connectivity index (χ3v) is 4.96. The molecule has 0 bridgehead atoms. The van der Waals surface area contributed by atoms with Crippen LogP contribution in [0, 0.1) is 11.5 Å². The second-order valence-corrected chi connectivity index (χ2v) is 6.35. The van der Waals surface area contributed by atoms with Crippen molar-refractivity contribution in [3.8, 4) is 6.19 Å². The topological polar surface area (TPSA) is 74.5 Å². The molecule has 0 saturated carbocycles. The van der Waals surface area contributed by atoms with Gasteiger partial charge in [-0.3, -0.25) is 5.32 Å². The van der Waals surface area contributed by atoms with Gasteiger partial charge < -0.3 is 4.74 Å². The van der Waals surface area contributed by atoms with Gasteiger partial charge in [0.2, 0.25) is 0 Å². The molecule has 0 atom stereocenters. The summed E-state index contributed by atoms with van der Waals surface area (Å²) in [7, 11) is 0. The zero-order valence-electron chi connectivity index (χ0n) is 12.1. The molecule has 0 aliphatic heterocycles. The van der Waals surface area contributed by atoms with E-state index in [-0.39, 0.29) is 5.97 Å². The van der Waals surface area contributed by atoms with Gasteiger partial charge in [-0.15, -0.1) is 11.3 Å². The summed E-state index contributed by atoms with van der Waals surface area (Å²) >= 11 is 2.87. The molecule has 0 fully saturated rings. The zero-order valence-corrected chi connectivity index (χ0v) is 13.7. The van der Waals surface area contributed by atoms with Crippen molar-refractivity contribution in [1.82, 2.24) is 5.32 Å². The number of nitrogens with one attached hydrogen (secondary N) is 1. The molecular weight excluding hydrogens is 306 g/mol. The predicted octanol–water partition coefficient (Wildman–Crippen LogP) is 3.22. The van der Waals surface area contributed by atoms with E-state index in [2.05, 4.69) is 10.3 Å². The van der Waals surface area contributed by atoms with Gasteiger partial charge in [-0.25, -0.2) is 9.79 Å². The number of thiophene rings is 1. The number of fused-ring (bicyclic) bond motifs is 1. The fraction of sp³-hybridized carbons (Fsp3) is 0.500. The second kappa shape index (κ2) is 7.48. The monoisotopic (exact) mass is 323 g/mol. The first-order valence-electron chi connectivity index (χ1n) is 6.80. The molecule has 0 saturated heterocycles. The van der Waals surface area contributed by atoms with Crippen LogP contribution in [0.1, 0.15) is 40.6 Å². The minimum atomic E-state index is -0.312. The van der Waals surface area contributed by atoms with Gasteiger partial charge in [-0.2, -0.15) is 5.26 Å². The van der Waals surface area contributed by atoms with Crippen molar-refractivity contribution in [2.45, 2.75) is 32.6 Å². The van der Waals surface area contributed by atoms with E-state index >= 15 is 0 Å². The van der Waals surface area contributed by atoms with Crippen molar-refractivity contribution in [2.24, 2.45) is 4.99 Å². The lowest BCUT2D eigenvalue weighted by Gasteiger charge is -2.11. The van der Waals surface area contributed by atoms with Crippen molar-refractivity contribution in [3.05, 3.63) is 16.0 Å². The Morgan fingerprint density at radius 1 is 1.52 bits per heavy atom. The lowest BCUT2D eigenvalue weighted by Crippen LogP contribution is -2.13. The highest BCUT2D eigenvalue weighted by Gasteiger charge is 2.26. The van der Waals surface area contributed by atoms with Crippen molar-refractivity contribution < 1.29 is 9.53 Å². The molecule has 2 rings (SSSR count). The van der Waals surface area contributed by atoms with Gasteiger partial charge in [-0.1, -0.05) is 11.8 Å². The largest absolute Gasteiger partial charge is 0.462 e. The molecule has 5 nitrogen and oxygen atoms in total. The Kier molecular flexibility index (Phi) is 5.65. The van der Waals surface area contributed by atoms with Gasteiger partial charge >= 0.3 is 5.97 Å². The smallest absolute Gasteiger partial charge is 0.341 e. The highest BCUT2D eigenvalue weighted by Crippen LogP contribution is 2.40. The van der Waals surface area contributed by atoms with Crippen molar-refractivity contribution in [2.75, 3.05) is 12.9 Å². The normalized spacial score (nSPS) is 14.2. The summed E-state index contributed by atoms with van der Waals surface area (Å²) in [5.41, 5.74) is 1.67. The van der Waals surface area contributed by atoms with E-state index in [1.54, 1.807) is 6.92 Å². The van der Waals surface area contributed by atoms with Crippen LogP contribution in [0.15, 0.2) is 4.99 Å². The number of aliphatic imine (C=N–C) groups is 1. The summed E-state index contributed by atoms with van der Waals surface area (Å²) in [5, 5.41) is 12.4. The number of aryl methyl sites for hydroxylation is 1. The average molecular weight is 323 g/mol. The van der Waals surface area contributed by atoms with Crippen LogP contribution in [0.5, 0.6) is 0 Å². The van der Waals surface area contributed by atoms with Crippen LogP contribution >= 0.6 is 23.1 Å². The first-order valence-corrected chi connectivity index (χ1v) is 8.84. The highest BCUT2D eigenvalue weighted by molar-refractivity contribution is 8.13. The van der Waals surface area contributed by atoms with Crippen LogP contribution in [0.4, 0.5) is 5.00 Å². The van der Waals surface area contributed by atoms with Crippen molar-refractivity contribution in [1.29, 1.82) is 5.26 Å². The molecule has 1 heterocycles. The number of nitrogens with zero attached hydrogens (tertiary/aromatic N) is 2. The Bertz CT molecular complexity index is 602. The maximum Gasteiger partial charge on any atom is 0.341 e. The first-order chi connectivity index (χ1) is 10.2. The molecule has 0 aromatic carbocycles. The maximum absolute atomic E-state index is 12.2. The molecular formula is C14H17N3O2S2. The van der Waals surface area contributed by atoms with E-state index in [0.717, 1.165) is 31.2 Å². The van der Waals surface area contributed by atoms with Gasteiger partial charge in [0, 0.05) is 4.88 Å². The number of thioether (sulfide) groups is 1. The molecule has 21 heavy (non-hydrogen) atoms. The molecule has 1 aromatic heterocycles. The lowest BCUT2D eigenvalue weighted by atomic mass is 9.95. The summed E-state index contributed by atoms with van der Waals surface area (Å²) in [6, 6.07) is 0. The third kappa shape index (κ3) is 3.57. The van der Waals surface area contributed by atoms with Gasteiger partial charge in [0.25, 0.3) is 0 Å². The summed E-state index contributed by atoms with van der Waals surface area (Å²) in [6.07, 6.45) is 7.81. The number of rotatable bonds is 3. The Labute approximate surface area is 132 Å². The summed E-state index contributed by atoms with van der Waals surface area (Å²) < 4.78 is 5.17. The van der Waals surface area contributed by atoms with Crippen LogP contribution in [0.25, 0.3) is 0 Å². The predicted molar refractivity (Wildman–Crippen MR) is 86.3 cm³/mol. The van der Waals surface area contributed by atoms with Gasteiger partial charge in [0.15, 0.2) is 11.4 Å². The number of amidine groups is 1. The quantitative estimate of drug-likeness (QED) is 0.304. The van der Waals surface area contributed by atoms with Crippen LogP contribution in [-0.4, -0.2) is 24.0 Å². The average Bonchev–Trinajstić information content (AvgIpc) is 2.84. The second-order valence-electron chi connectivity index (χ2n) is 4.47. The van der Waals surface area contributed by atoms with Crippen LogP contribution < -0.4 is 5.32 Å². The molecule has 112 valence electrons. The Hall–Kier alpha value is -1.52. The number of carbonyl (C=O) groups is 1. The van der Waals surface area contributed by atoms with E-state index in [1.807, 2.05) is 12.4 Å². The van der Waals surface area contributed by atoms with Crippen LogP contribution in [0.3, 0.4) is 0 Å². The summed E-state index contributed by atoms with van der Waals surface area (Å²) in [6.45, 7) is 2.14. The van der Waals surface area contributed by atoms with Crippen molar-refractivity contribution >= 4 is 39.2 Å². The summed E-state index contributed by atoms with van der Waals surface area (Å²) in [5.74, 6) is -0.312. The van der Waals surface area contributed by atoms with E-state index in [4.69, 9.17) is 10.00 Å². The Balaban J connectivity index is 2.47. The molecule has 0 radical (unpaired) electrons. The number of carbonyl (C=O) groups excluding carboxylic acids is 1. The lowest BCUT2D eigenvalue weighted by molar-refractivity contribution is 0.0526. The minimum Gasteiger partial charge on any atom is -0.462 e. The number of esters is 1. The van der Waals surface area contributed by atoms with Gasteiger partial charge in [0.05, 0.1) is 12.2 Å². The molecule has 1 aromatic rings. The molecule has 1 N–H and O–H groups in total. The van der Waals surface area contributed by atoms with Crippen molar-refractivity contribution in [3.63, 3.8) is 0 Å². The molecule has 7 heteroatoms. The Morgan fingerprint density at radius 2 is 2.29 bits per heavy atom. The van der Waals surface area contributed by atoms with E-state index in [0.29, 0.717) is 22.3 Å². The third-order valence-electron chi connectivity index (χ3n) is 3.19. The SMILES string of the molecule is CCOC(=O)c1c(/N=C(\NC#N)SC)sc2c1CCCC2. The molecule has 0 unspecified atom stereocenters. The van der Waals surface area contributed by atoms with E-state index in [1.165, 1.54) is 28.0 Å². The first kappa shape index (κ1) is 15.9. The Morgan fingerprint density at radius 3 is 2.95 bits per heavy atom. The van der Waals surface area contributed by atoms with Crippen LogP contribution in [-0.2, 0) is 17.6 Å². The number of ether oxygens (including phenoxy) is 1. The standard InChI is InChI=1S/C14H17N3O2S2/c1-3-19-13(18)11-9-6-4-5-7-10(9)21-12(11)17-14(20-2)16-8-15/h3-7H2,1-2H3,(H,16,17). The highest BCUT2D eigenvalue weighted by atomic mass is 32.2. The van der Waals surface area contributed by atoms with E-state index < -0.39 is 0 Å². The van der Waals surface area contributed by atoms with E-state index in [9.17, 15) is 4.79 Å². The minimum absolute atomic E-state index is 0.312. The number of nitriles is 1. The zero-order chi connectivity index (χ0) is 15.2. The molecule has 0 spiro atoms. The van der Waals surface area contributed by atoms with Crippen LogP contribution in [0.2, 0.25) is 0 Å². The van der Waals surface area contributed by atoms with Gasteiger partial charge in [-0.05, 0) is 44.4 Å². The molecule has 1 aliphatic carbocycles. The van der Waals surface area contributed by atoms with Gasteiger partial charge in [0.1, 0.15) is 5.00 Å². The molecule has 0 amide bonds. The number of hydrogen-bond acceptors (Lipinski definition) is 6. The fourth-order valence-corrected chi connectivity index (χ4v) is 3.95.